The second kappa shape index (κ2) is 10.8. The number of nitrogens with one attached hydrogen (secondary N) is 1. The van der Waals surface area contributed by atoms with Gasteiger partial charge in [-0.25, -0.2) is 9.18 Å². The van der Waals surface area contributed by atoms with Gasteiger partial charge in [0.25, 0.3) is 5.56 Å². The molecule has 0 spiro atoms. The van der Waals surface area contributed by atoms with Crippen LogP contribution in [-0.2, 0) is 13.2 Å². The van der Waals surface area contributed by atoms with Crippen molar-refractivity contribution >= 4 is 33.2 Å². The van der Waals surface area contributed by atoms with Gasteiger partial charge in [-0.05, 0) is 53.9 Å². The molecule has 4 aromatic rings. The van der Waals surface area contributed by atoms with Gasteiger partial charge in [0.1, 0.15) is 17.3 Å². The molecule has 0 unspecified atom stereocenters. The Morgan fingerprint density at radius 2 is 1.77 bits per heavy atom. The van der Waals surface area contributed by atoms with Gasteiger partial charge in [-0.3, -0.25) is 14.3 Å². The highest BCUT2D eigenvalue weighted by Crippen LogP contribution is 2.41. The quantitative estimate of drug-likeness (QED) is 0.253. The lowest BCUT2D eigenvalue weighted by molar-refractivity contribution is -0.275. The van der Waals surface area contributed by atoms with Gasteiger partial charge in [0.05, 0.1) is 17.0 Å². The molecule has 0 bridgehead atoms. The highest BCUT2D eigenvalue weighted by atomic mass is 35.5. The number of rotatable bonds is 7. The van der Waals surface area contributed by atoms with E-state index in [1.54, 1.807) is 0 Å². The molecule has 2 heterocycles. The van der Waals surface area contributed by atoms with Crippen LogP contribution in [0.1, 0.15) is 11.1 Å². The van der Waals surface area contributed by atoms with Crippen LogP contribution in [0.15, 0.2) is 46.0 Å². The fourth-order valence-electron chi connectivity index (χ4n) is 3.76. The number of aliphatic hydroxyl groups excluding tert-OH is 1. The van der Waals surface area contributed by atoms with E-state index in [2.05, 4.69) is 4.74 Å². The van der Waals surface area contributed by atoms with Crippen LogP contribution in [0, 0.1) is 12.7 Å². The average molecular weight is 613 g/mol. The molecule has 0 aliphatic rings. The first kappa shape index (κ1) is 29.4. The highest BCUT2D eigenvalue weighted by Gasteiger charge is 2.39. The van der Waals surface area contributed by atoms with Gasteiger partial charge in [-0.15, -0.1) is 24.5 Å². The highest BCUT2D eigenvalue weighted by molar-refractivity contribution is 7.22. The number of nitrogens with zero attached hydrogens (tertiary/aromatic N) is 1. The fourth-order valence-corrected chi connectivity index (χ4v) is 5.18. The zero-order valence-corrected chi connectivity index (χ0v) is 21.5. The molecule has 0 aliphatic carbocycles. The summed E-state index contributed by atoms with van der Waals surface area (Å²) in [6.45, 7) is -0.190. The van der Waals surface area contributed by atoms with Crippen LogP contribution in [0.2, 0.25) is 5.02 Å². The first-order valence-electron chi connectivity index (χ1n) is 11.0. The molecule has 16 heteroatoms. The topological polar surface area (TPSA) is 93.5 Å². The number of alkyl halides is 6. The normalized spacial score (nSPS) is 13.1. The molecule has 214 valence electrons. The van der Waals surface area contributed by atoms with Crippen LogP contribution in [0.5, 0.6) is 11.5 Å². The molecule has 0 saturated heterocycles. The minimum absolute atomic E-state index is 0.0533. The number of hydrogen-bond acceptors (Lipinski definition) is 6. The fraction of sp³-hybridized carbons (Fsp3) is 0.250. The first-order chi connectivity index (χ1) is 18.5. The number of ether oxygens (including phenoxy) is 2. The Balaban J connectivity index is 1.78. The van der Waals surface area contributed by atoms with E-state index in [0.29, 0.717) is 15.9 Å². The number of fused-ring (bicyclic) bond motifs is 1. The van der Waals surface area contributed by atoms with E-state index in [1.807, 2.05) is 4.98 Å². The zero-order valence-electron chi connectivity index (χ0n) is 19.9. The zero-order chi connectivity index (χ0) is 29.6. The number of aromatic amines is 1. The Hall–Kier alpha value is -3.56. The third kappa shape index (κ3) is 6.26. The summed E-state index contributed by atoms with van der Waals surface area (Å²) in [4.78, 5) is 26.6. The van der Waals surface area contributed by atoms with Crippen LogP contribution < -0.4 is 20.7 Å². The van der Waals surface area contributed by atoms with Crippen molar-refractivity contribution in [3.8, 4) is 21.9 Å². The van der Waals surface area contributed by atoms with Crippen molar-refractivity contribution in [1.29, 1.82) is 0 Å². The van der Waals surface area contributed by atoms with Crippen molar-refractivity contribution in [3.63, 3.8) is 0 Å². The predicted molar refractivity (Wildman–Crippen MR) is 131 cm³/mol. The number of aromatic nitrogens is 2. The van der Waals surface area contributed by atoms with E-state index in [4.69, 9.17) is 16.3 Å². The summed E-state index contributed by atoms with van der Waals surface area (Å²) in [6.07, 6.45) is -13.1. The van der Waals surface area contributed by atoms with Crippen molar-refractivity contribution in [2.24, 2.45) is 0 Å². The number of thiophene rings is 1. The second-order valence-electron chi connectivity index (χ2n) is 8.41. The van der Waals surface area contributed by atoms with Crippen molar-refractivity contribution in [1.82, 2.24) is 9.55 Å². The largest absolute Gasteiger partial charge is 0.573 e. The van der Waals surface area contributed by atoms with E-state index in [1.165, 1.54) is 25.1 Å². The molecule has 7 nitrogen and oxygen atoms in total. The minimum atomic E-state index is -5.15. The molecule has 4 rings (SSSR count). The molecule has 1 atom stereocenters. The van der Waals surface area contributed by atoms with Gasteiger partial charge < -0.3 is 14.6 Å². The second-order valence-corrected chi connectivity index (χ2v) is 9.82. The Morgan fingerprint density at radius 1 is 1.07 bits per heavy atom. The lowest BCUT2D eigenvalue weighted by atomic mass is 10.1. The maximum Gasteiger partial charge on any atom is 0.573 e. The van der Waals surface area contributed by atoms with E-state index >= 15 is 0 Å². The molecular formula is C24H16ClF7N2O5S. The Kier molecular flexibility index (Phi) is 7.93. The van der Waals surface area contributed by atoms with Crippen molar-refractivity contribution in [3.05, 3.63) is 79.2 Å². The Morgan fingerprint density at radius 3 is 2.40 bits per heavy atom. The van der Waals surface area contributed by atoms with Gasteiger partial charge in [0, 0.05) is 4.88 Å². The monoisotopic (exact) mass is 612 g/mol. The Bertz CT molecular complexity index is 1690. The number of aliphatic hydroxyl groups is 1. The average Bonchev–Trinajstić information content (AvgIpc) is 3.18. The summed E-state index contributed by atoms with van der Waals surface area (Å²) in [6, 6.07) is 7.04. The van der Waals surface area contributed by atoms with Crippen LogP contribution in [0.3, 0.4) is 0 Å². The van der Waals surface area contributed by atoms with E-state index in [-0.39, 0.29) is 49.2 Å². The summed E-state index contributed by atoms with van der Waals surface area (Å²) in [5, 5.41) is 9.14. The smallest absolute Gasteiger partial charge is 0.485 e. The van der Waals surface area contributed by atoms with E-state index in [0.717, 1.165) is 18.2 Å². The molecule has 0 amide bonds. The SMILES string of the molecule is Cc1c(-c2ccc(OCc3ccc(Cl)c(F)c3)c(OC(F)(F)F)c2)sc2c1c(=O)[nH]c(=O)n2C[C@@H](O)C(F)(F)F. The van der Waals surface area contributed by atoms with Crippen molar-refractivity contribution < 1.29 is 45.3 Å². The maximum atomic E-state index is 13.7. The minimum Gasteiger partial charge on any atom is -0.485 e. The Labute approximate surface area is 228 Å². The molecule has 0 aliphatic heterocycles. The molecule has 0 fully saturated rings. The third-order valence-electron chi connectivity index (χ3n) is 5.61. The van der Waals surface area contributed by atoms with Gasteiger partial charge >= 0.3 is 18.2 Å². The molecule has 2 aromatic heterocycles. The molecule has 0 saturated carbocycles. The van der Waals surface area contributed by atoms with Gasteiger partial charge in [0.2, 0.25) is 0 Å². The van der Waals surface area contributed by atoms with Gasteiger partial charge in [-0.1, -0.05) is 17.7 Å². The van der Waals surface area contributed by atoms with E-state index < -0.39 is 48.0 Å². The van der Waals surface area contributed by atoms with E-state index in [9.17, 15) is 45.4 Å². The van der Waals surface area contributed by atoms with Crippen LogP contribution >= 0.6 is 22.9 Å². The molecule has 40 heavy (non-hydrogen) atoms. The summed E-state index contributed by atoms with van der Waals surface area (Å²) in [7, 11) is 0. The molecular weight excluding hydrogens is 597 g/mol. The van der Waals surface area contributed by atoms with Crippen LogP contribution in [-0.4, -0.2) is 33.3 Å². The summed E-state index contributed by atoms with van der Waals surface area (Å²) in [5.74, 6) is -1.94. The number of H-pyrrole nitrogens is 1. The number of hydrogen-bond donors (Lipinski definition) is 2. The summed E-state index contributed by atoms with van der Waals surface area (Å²) in [5.41, 5.74) is -1.68. The van der Waals surface area contributed by atoms with Gasteiger partial charge in [0.15, 0.2) is 17.6 Å². The summed E-state index contributed by atoms with van der Waals surface area (Å²) >= 11 is 6.29. The van der Waals surface area contributed by atoms with Crippen molar-refractivity contribution in [2.45, 2.75) is 38.7 Å². The predicted octanol–water partition coefficient (Wildman–Crippen LogP) is 5.92. The molecule has 2 aromatic carbocycles. The van der Waals surface area contributed by atoms with Crippen molar-refractivity contribution in [2.75, 3.05) is 0 Å². The van der Waals surface area contributed by atoms with Crippen LogP contribution in [0.25, 0.3) is 20.7 Å². The molecule has 2 N–H and O–H groups in total. The lowest BCUT2D eigenvalue weighted by Crippen LogP contribution is -2.38. The van der Waals surface area contributed by atoms with Crippen LogP contribution in [0.4, 0.5) is 30.7 Å². The first-order valence-corrected chi connectivity index (χ1v) is 12.2. The third-order valence-corrected chi connectivity index (χ3v) is 7.28. The van der Waals surface area contributed by atoms with Gasteiger partial charge in [-0.2, -0.15) is 13.2 Å². The lowest BCUT2D eigenvalue weighted by Gasteiger charge is -2.16. The maximum absolute atomic E-state index is 13.7. The summed E-state index contributed by atoms with van der Waals surface area (Å²) < 4.78 is 102. The number of aryl methyl sites for hydroxylation is 1. The molecule has 0 radical (unpaired) electrons. The number of benzene rings is 2. The number of halogens is 8. The standard InChI is InChI=1S/C24H16ClF7N2O5S/c1-10-18-20(36)33-22(37)34(8-17(35)23(27,28)29)21(18)40-19(10)12-3-5-15(16(7-12)39-24(30,31)32)38-9-11-2-4-13(25)14(26)6-11/h2-7,17,35H,8-9H2,1H3,(H,33,36,37)/t17-/m1/s1.